The topological polar surface area (TPSA) is 26.3 Å². The van der Waals surface area contributed by atoms with E-state index in [2.05, 4.69) is 13.5 Å². The number of ether oxygens (including phenoxy) is 1. The number of carbonyl (C=O) groups excluding carboxylic acids is 1. The van der Waals surface area contributed by atoms with Gasteiger partial charge in [-0.3, -0.25) is 4.79 Å². The fourth-order valence-electron chi connectivity index (χ4n) is 1.73. The van der Waals surface area contributed by atoms with Crippen molar-refractivity contribution in [2.75, 3.05) is 6.61 Å². The van der Waals surface area contributed by atoms with Crippen LogP contribution in [0.4, 0.5) is 0 Å². The summed E-state index contributed by atoms with van der Waals surface area (Å²) < 4.78 is 5.47. The molecule has 0 amide bonds. The summed E-state index contributed by atoms with van der Waals surface area (Å²) in [5.41, 5.74) is 0.822. The fraction of sp³-hybridized carbons (Fsp3) is 0.533. The molecule has 1 aliphatic carbocycles. The predicted molar refractivity (Wildman–Crippen MR) is 70.7 cm³/mol. The van der Waals surface area contributed by atoms with E-state index in [4.69, 9.17) is 4.74 Å². The summed E-state index contributed by atoms with van der Waals surface area (Å²) in [6, 6.07) is 0. The van der Waals surface area contributed by atoms with E-state index in [-0.39, 0.29) is 5.78 Å². The zero-order valence-corrected chi connectivity index (χ0v) is 10.7. The smallest absolute Gasteiger partial charge is 0.220 e. The Labute approximate surface area is 104 Å². The molecule has 17 heavy (non-hydrogen) atoms. The largest absolute Gasteiger partial charge is 0.489 e. The third-order valence-corrected chi connectivity index (χ3v) is 2.76. The molecule has 0 aromatic rings. The first-order valence-corrected chi connectivity index (χ1v) is 6.50. The molecule has 0 aliphatic heterocycles. The van der Waals surface area contributed by atoms with Gasteiger partial charge in [0.25, 0.3) is 0 Å². The van der Waals surface area contributed by atoms with Gasteiger partial charge in [0.15, 0.2) is 5.76 Å². The van der Waals surface area contributed by atoms with E-state index in [1.807, 2.05) is 0 Å². The van der Waals surface area contributed by atoms with Crippen molar-refractivity contribution >= 4 is 5.78 Å². The highest BCUT2D eigenvalue weighted by atomic mass is 16.5. The Hall–Kier alpha value is -1.31. The van der Waals surface area contributed by atoms with Gasteiger partial charge in [-0.15, -0.1) is 0 Å². The van der Waals surface area contributed by atoms with Crippen LogP contribution in [0.1, 0.15) is 45.4 Å². The Kier molecular flexibility index (Phi) is 6.38. The average molecular weight is 234 g/mol. The minimum absolute atomic E-state index is 0.0524. The van der Waals surface area contributed by atoms with Crippen LogP contribution < -0.4 is 0 Å². The molecule has 0 unspecified atom stereocenters. The number of allylic oxidation sites excluding steroid dienone is 4. The lowest BCUT2D eigenvalue weighted by atomic mass is 10.1. The molecule has 0 aromatic heterocycles. The first-order chi connectivity index (χ1) is 8.24. The van der Waals surface area contributed by atoms with Gasteiger partial charge in [-0.1, -0.05) is 51.7 Å². The number of hydrogen-bond acceptors (Lipinski definition) is 2. The first kappa shape index (κ1) is 13.8. The van der Waals surface area contributed by atoms with Crippen molar-refractivity contribution < 1.29 is 9.53 Å². The summed E-state index contributed by atoms with van der Waals surface area (Å²) in [6.07, 6.45) is 12.3. The molecule has 0 saturated carbocycles. The summed E-state index contributed by atoms with van der Waals surface area (Å²) in [4.78, 5) is 11.4. The number of rotatable bonds is 8. The van der Waals surface area contributed by atoms with Crippen LogP contribution in [0.15, 0.2) is 36.1 Å². The van der Waals surface area contributed by atoms with Crippen molar-refractivity contribution in [2.24, 2.45) is 0 Å². The number of carbonyl (C=O) groups is 1. The molecule has 0 atom stereocenters. The van der Waals surface area contributed by atoms with Crippen molar-refractivity contribution in [1.29, 1.82) is 0 Å². The quantitative estimate of drug-likeness (QED) is 0.594. The summed E-state index contributed by atoms with van der Waals surface area (Å²) in [7, 11) is 0. The van der Waals surface area contributed by atoms with Gasteiger partial charge in [-0.2, -0.15) is 0 Å². The maximum absolute atomic E-state index is 11.4. The number of ketones is 1. The van der Waals surface area contributed by atoms with E-state index in [0.29, 0.717) is 12.4 Å². The maximum Gasteiger partial charge on any atom is 0.220 e. The van der Waals surface area contributed by atoms with Crippen molar-refractivity contribution in [3.8, 4) is 0 Å². The van der Waals surface area contributed by atoms with Crippen molar-refractivity contribution in [1.82, 2.24) is 0 Å². The molecule has 2 nitrogen and oxygen atoms in total. The van der Waals surface area contributed by atoms with Gasteiger partial charge in [-0.05, 0) is 24.1 Å². The van der Waals surface area contributed by atoms with Gasteiger partial charge in [0, 0.05) is 0 Å². The molecule has 0 aromatic carbocycles. The summed E-state index contributed by atoms with van der Waals surface area (Å²) in [5, 5.41) is 0. The van der Waals surface area contributed by atoms with Gasteiger partial charge in [0.1, 0.15) is 0 Å². The highest BCUT2D eigenvalue weighted by Crippen LogP contribution is 2.13. The minimum Gasteiger partial charge on any atom is -0.489 e. The van der Waals surface area contributed by atoms with E-state index < -0.39 is 0 Å². The monoisotopic (exact) mass is 234 g/mol. The van der Waals surface area contributed by atoms with Crippen LogP contribution in [0.25, 0.3) is 0 Å². The second-order valence-electron chi connectivity index (χ2n) is 4.40. The van der Waals surface area contributed by atoms with Gasteiger partial charge < -0.3 is 4.74 Å². The predicted octanol–water partition coefficient (Wildman–Crippen LogP) is 3.94. The lowest BCUT2D eigenvalue weighted by Crippen LogP contribution is -2.07. The molecule has 0 heterocycles. The summed E-state index contributed by atoms with van der Waals surface area (Å²) in [5.74, 6) is 0.384. The molecule has 2 heteroatoms. The van der Waals surface area contributed by atoms with Crippen LogP contribution >= 0.6 is 0 Å². The van der Waals surface area contributed by atoms with Crippen LogP contribution in [0.5, 0.6) is 0 Å². The summed E-state index contributed by atoms with van der Waals surface area (Å²) >= 11 is 0. The third kappa shape index (κ3) is 5.53. The van der Waals surface area contributed by atoms with Crippen LogP contribution in [0.2, 0.25) is 0 Å². The Morgan fingerprint density at radius 2 is 1.82 bits per heavy atom. The molecule has 0 fully saturated rings. The molecule has 1 aliphatic rings. The second-order valence-corrected chi connectivity index (χ2v) is 4.40. The average Bonchev–Trinajstić information content (AvgIpc) is 2.32. The number of hydrogen-bond donors (Lipinski definition) is 0. The standard InChI is InChI=1S/C15H22O2/c1-3-4-5-6-7-8-11-17-15-12-13(2)9-10-14(15)16/h9-10,12H,2-8,11H2,1H3. The maximum atomic E-state index is 11.4. The van der Waals surface area contributed by atoms with E-state index in [9.17, 15) is 4.79 Å². The minimum atomic E-state index is -0.0524. The van der Waals surface area contributed by atoms with Gasteiger partial charge in [-0.25, -0.2) is 0 Å². The molecule has 94 valence electrons. The normalized spacial score (nSPS) is 15.0. The number of unbranched alkanes of at least 4 members (excludes halogenated alkanes) is 5. The lowest BCUT2D eigenvalue weighted by molar-refractivity contribution is -0.114. The molecule has 0 radical (unpaired) electrons. The molecule has 0 spiro atoms. The Bertz CT molecular complexity index is 324. The molecule has 0 saturated heterocycles. The van der Waals surface area contributed by atoms with Crippen molar-refractivity contribution in [3.63, 3.8) is 0 Å². The second kappa shape index (κ2) is 7.88. The molecular formula is C15H22O2. The highest BCUT2D eigenvalue weighted by Gasteiger charge is 2.11. The van der Waals surface area contributed by atoms with E-state index in [1.54, 1.807) is 12.2 Å². The van der Waals surface area contributed by atoms with Crippen LogP contribution in [-0.2, 0) is 9.53 Å². The van der Waals surface area contributed by atoms with Gasteiger partial charge >= 0.3 is 0 Å². The van der Waals surface area contributed by atoms with E-state index in [1.165, 1.54) is 38.2 Å². The van der Waals surface area contributed by atoms with Crippen molar-refractivity contribution in [3.05, 3.63) is 36.1 Å². The molecule has 1 rings (SSSR count). The van der Waals surface area contributed by atoms with Crippen LogP contribution in [0, 0.1) is 0 Å². The van der Waals surface area contributed by atoms with Crippen LogP contribution in [-0.4, -0.2) is 12.4 Å². The highest BCUT2D eigenvalue weighted by molar-refractivity contribution is 6.04. The Balaban J connectivity index is 2.10. The zero-order chi connectivity index (χ0) is 12.5. The van der Waals surface area contributed by atoms with Crippen LogP contribution in [0.3, 0.4) is 0 Å². The molecular weight excluding hydrogens is 212 g/mol. The zero-order valence-electron chi connectivity index (χ0n) is 10.7. The molecule has 0 bridgehead atoms. The first-order valence-electron chi connectivity index (χ1n) is 6.50. The lowest BCUT2D eigenvalue weighted by Gasteiger charge is -2.10. The Morgan fingerprint density at radius 1 is 1.12 bits per heavy atom. The van der Waals surface area contributed by atoms with E-state index >= 15 is 0 Å². The molecule has 0 N–H and O–H groups in total. The fourth-order valence-corrected chi connectivity index (χ4v) is 1.73. The van der Waals surface area contributed by atoms with Crippen molar-refractivity contribution in [2.45, 2.75) is 45.4 Å². The summed E-state index contributed by atoms with van der Waals surface area (Å²) in [6.45, 7) is 6.62. The Morgan fingerprint density at radius 3 is 2.59 bits per heavy atom. The van der Waals surface area contributed by atoms with E-state index in [0.717, 1.165) is 12.0 Å². The third-order valence-electron chi connectivity index (χ3n) is 2.76. The van der Waals surface area contributed by atoms with Gasteiger partial charge in [0.2, 0.25) is 5.78 Å². The SMILES string of the molecule is C=C1C=CC(=O)C(OCCCCCCCC)=C1. The van der Waals surface area contributed by atoms with Gasteiger partial charge in [0.05, 0.1) is 6.61 Å².